The van der Waals surface area contributed by atoms with Crippen molar-refractivity contribution < 1.29 is 43.2 Å². The molecule has 16 nitrogen and oxygen atoms in total. The number of primary amides is 2. The van der Waals surface area contributed by atoms with Crippen molar-refractivity contribution in [3.05, 3.63) is 107 Å². The van der Waals surface area contributed by atoms with E-state index in [1.54, 1.807) is 19.2 Å². The molecule has 2 aromatic heterocycles. The van der Waals surface area contributed by atoms with Crippen LogP contribution in [0.5, 0.6) is 23.0 Å². The number of anilines is 4. The SMILES string of the molecule is CCc1c(CO)cccc1Nc1c(C(N)=O)cnc2cc(OCCOC(C)=O)c(OC)cc12.CCc1ccccc1Nc1c(C(N)=O)cnc2cc(OC)c(OCCNC3CC3)cc12. The minimum absolute atomic E-state index is 0.0956. The molecule has 1 aliphatic carbocycles. The number of nitrogens with zero attached hydrogens (tertiary/aromatic N) is 2. The molecule has 1 saturated carbocycles. The van der Waals surface area contributed by atoms with Crippen LogP contribution in [0.15, 0.2) is 79.1 Å². The number of fused-ring (bicyclic) bond motifs is 2. The average Bonchev–Trinajstić information content (AvgIpc) is 4.13. The zero-order chi connectivity index (χ0) is 45.8. The van der Waals surface area contributed by atoms with Gasteiger partial charge in [-0.25, -0.2) is 0 Å². The van der Waals surface area contributed by atoms with Crippen molar-refractivity contribution in [2.24, 2.45) is 11.5 Å². The summed E-state index contributed by atoms with van der Waals surface area (Å²) in [6.45, 7) is 6.82. The van der Waals surface area contributed by atoms with Crippen molar-refractivity contribution in [1.82, 2.24) is 15.3 Å². The van der Waals surface area contributed by atoms with Gasteiger partial charge in [-0.2, -0.15) is 0 Å². The van der Waals surface area contributed by atoms with E-state index >= 15 is 0 Å². The number of aromatic nitrogens is 2. The number of nitrogens with two attached hydrogens (primary N) is 2. The van der Waals surface area contributed by atoms with E-state index in [0.29, 0.717) is 75.4 Å². The van der Waals surface area contributed by atoms with Gasteiger partial charge in [0.05, 0.1) is 54.4 Å². The van der Waals surface area contributed by atoms with E-state index in [9.17, 15) is 19.5 Å². The van der Waals surface area contributed by atoms with E-state index in [-0.39, 0.29) is 25.4 Å². The number of hydrogen-bond acceptors (Lipinski definition) is 14. The Hall–Kier alpha value is -7.17. The van der Waals surface area contributed by atoms with Crippen LogP contribution in [0.3, 0.4) is 0 Å². The number of methoxy groups -OCH3 is 2. The number of ether oxygens (including phenoxy) is 5. The number of pyridine rings is 2. The first-order valence-corrected chi connectivity index (χ1v) is 21.1. The van der Waals surface area contributed by atoms with Gasteiger partial charge in [0.15, 0.2) is 23.0 Å². The van der Waals surface area contributed by atoms with Crippen LogP contribution in [0.1, 0.15) is 71.0 Å². The monoisotopic (exact) mass is 873 g/mol. The van der Waals surface area contributed by atoms with Gasteiger partial charge in [-0.3, -0.25) is 24.4 Å². The summed E-state index contributed by atoms with van der Waals surface area (Å²) in [6.07, 6.45) is 6.90. The van der Waals surface area contributed by atoms with Crippen molar-refractivity contribution >= 4 is 62.3 Å². The molecular formula is C48H55N7O9. The zero-order valence-corrected chi connectivity index (χ0v) is 36.7. The van der Waals surface area contributed by atoms with Crippen LogP contribution < -0.4 is 46.4 Å². The molecule has 64 heavy (non-hydrogen) atoms. The fraction of sp³-hybridized carbons (Fsp3) is 0.312. The predicted octanol–water partition coefficient (Wildman–Crippen LogP) is 6.86. The fourth-order valence-corrected chi connectivity index (χ4v) is 7.17. The first-order chi connectivity index (χ1) is 31.0. The molecule has 0 spiro atoms. The van der Waals surface area contributed by atoms with Gasteiger partial charge in [-0.15, -0.1) is 0 Å². The number of esters is 1. The molecule has 7 rings (SSSR count). The largest absolute Gasteiger partial charge is 0.493 e. The molecule has 16 heteroatoms. The van der Waals surface area contributed by atoms with E-state index in [4.69, 9.17) is 35.2 Å². The summed E-state index contributed by atoms with van der Waals surface area (Å²) in [4.78, 5) is 44.1. The van der Waals surface area contributed by atoms with Crippen molar-refractivity contribution in [1.29, 1.82) is 0 Å². The topological polar surface area (TPSA) is 231 Å². The molecule has 336 valence electrons. The molecule has 4 aromatic carbocycles. The number of aryl methyl sites for hydroxylation is 1. The first kappa shape index (κ1) is 46.3. The van der Waals surface area contributed by atoms with Crippen LogP contribution in [0.2, 0.25) is 0 Å². The number of amides is 2. The summed E-state index contributed by atoms with van der Waals surface area (Å²) < 4.78 is 27.6. The third-order valence-corrected chi connectivity index (χ3v) is 10.6. The van der Waals surface area contributed by atoms with Crippen molar-refractivity contribution in [2.45, 2.75) is 59.1 Å². The van der Waals surface area contributed by atoms with Gasteiger partial charge in [0.1, 0.15) is 19.8 Å². The molecule has 2 heterocycles. The highest BCUT2D eigenvalue weighted by Crippen LogP contribution is 2.40. The smallest absolute Gasteiger partial charge is 0.302 e. The highest BCUT2D eigenvalue weighted by atomic mass is 16.6. The van der Waals surface area contributed by atoms with Crippen molar-refractivity contribution in [2.75, 3.05) is 51.2 Å². The Balaban J connectivity index is 0.000000213. The van der Waals surface area contributed by atoms with Crippen LogP contribution in [0.4, 0.5) is 22.7 Å². The number of nitrogens with one attached hydrogen (secondary N) is 3. The van der Waals surface area contributed by atoms with E-state index in [1.165, 1.54) is 39.3 Å². The quantitative estimate of drug-likeness (QED) is 0.0340. The summed E-state index contributed by atoms with van der Waals surface area (Å²) >= 11 is 0. The Labute approximate surface area is 371 Å². The number of benzene rings is 4. The van der Waals surface area contributed by atoms with Crippen LogP contribution in [-0.4, -0.2) is 79.5 Å². The number of para-hydroxylation sites is 1. The van der Waals surface area contributed by atoms with Crippen LogP contribution in [0, 0.1) is 0 Å². The van der Waals surface area contributed by atoms with Gasteiger partial charge >= 0.3 is 5.97 Å². The molecule has 0 aliphatic heterocycles. The second-order valence-corrected chi connectivity index (χ2v) is 14.8. The van der Waals surface area contributed by atoms with Crippen LogP contribution in [-0.2, 0) is 29.0 Å². The lowest BCUT2D eigenvalue weighted by Gasteiger charge is -2.19. The Morgan fingerprint density at radius 3 is 1.83 bits per heavy atom. The summed E-state index contributed by atoms with van der Waals surface area (Å²) in [5.41, 5.74) is 18.7. The molecule has 0 unspecified atom stereocenters. The number of rotatable bonds is 20. The average molecular weight is 874 g/mol. The number of carbonyl (C=O) groups excluding carboxylic acids is 3. The molecular weight excluding hydrogens is 819 g/mol. The molecule has 1 fully saturated rings. The molecule has 0 saturated heterocycles. The first-order valence-electron chi connectivity index (χ1n) is 21.1. The van der Waals surface area contributed by atoms with Crippen LogP contribution in [0.25, 0.3) is 21.8 Å². The maximum absolute atomic E-state index is 12.2. The number of aliphatic hydroxyl groups excluding tert-OH is 1. The lowest BCUT2D eigenvalue weighted by Crippen LogP contribution is -2.22. The number of aliphatic hydroxyl groups is 1. The predicted molar refractivity (Wildman–Crippen MR) is 246 cm³/mol. The summed E-state index contributed by atoms with van der Waals surface area (Å²) in [5.74, 6) is 0.454. The van der Waals surface area contributed by atoms with Gasteiger partial charge in [0.25, 0.3) is 11.8 Å². The molecule has 0 bridgehead atoms. The van der Waals surface area contributed by atoms with Crippen molar-refractivity contribution in [3.63, 3.8) is 0 Å². The third-order valence-electron chi connectivity index (χ3n) is 10.6. The second kappa shape index (κ2) is 21.8. The molecule has 8 N–H and O–H groups in total. The Morgan fingerprint density at radius 1 is 0.703 bits per heavy atom. The molecule has 2 amide bonds. The van der Waals surface area contributed by atoms with Crippen LogP contribution >= 0.6 is 0 Å². The molecule has 6 aromatic rings. The fourth-order valence-electron chi connectivity index (χ4n) is 7.17. The Bertz CT molecular complexity index is 2630. The molecule has 1 aliphatic rings. The number of hydrogen-bond donors (Lipinski definition) is 6. The summed E-state index contributed by atoms with van der Waals surface area (Å²) in [6, 6.07) is 21.3. The lowest BCUT2D eigenvalue weighted by molar-refractivity contribution is -0.141. The van der Waals surface area contributed by atoms with E-state index in [2.05, 4.69) is 38.9 Å². The van der Waals surface area contributed by atoms with Gasteiger partial charge < -0.3 is 56.2 Å². The maximum atomic E-state index is 12.2. The Kier molecular flexibility index (Phi) is 15.8. The number of carbonyl (C=O) groups is 3. The van der Waals surface area contributed by atoms with Crippen molar-refractivity contribution in [3.8, 4) is 23.0 Å². The zero-order valence-electron chi connectivity index (χ0n) is 36.7. The van der Waals surface area contributed by atoms with Gasteiger partial charge in [-0.05, 0) is 66.6 Å². The minimum atomic E-state index is -0.635. The summed E-state index contributed by atoms with van der Waals surface area (Å²) in [5, 5.41) is 21.2. The van der Waals surface area contributed by atoms with Gasteiger partial charge in [0, 0.05) is 66.2 Å². The standard InChI is InChI=1S/C24H28N4O3.C24H27N3O6/c1-3-15-6-4-5-7-19(15)28-23-17-12-22(31-11-10-26-16-8-9-16)21(30-2)13-20(17)27-14-18(23)24(25)29;1-4-16-15(13-28)6-5-7-19(16)27-23-17-10-21(31-3)22(33-9-8-32-14(2)29)11-20(17)26-12-18(23)24(25)30/h4-7,12-14,16,26H,3,8-11H2,1-2H3,(H2,25,29)(H,27,28);5-7,10-12,28H,4,8-9,13H2,1-3H3,(H2,25,30)(H,26,27). The van der Waals surface area contributed by atoms with E-state index in [1.807, 2.05) is 55.5 Å². The maximum Gasteiger partial charge on any atom is 0.302 e. The Morgan fingerprint density at radius 2 is 1.25 bits per heavy atom. The van der Waals surface area contributed by atoms with Gasteiger partial charge in [-0.1, -0.05) is 44.2 Å². The summed E-state index contributed by atoms with van der Waals surface area (Å²) in [7, 11) is 3.10. The minimum Gasteiger partial charge on any atom is -0.493 e. The van der Waals surface area contributed by atoms with Gasteiger partial charge in [0.2, 0.25) is 0 Å². The third kappa shape index (κ3) is 11.3. The highest BCUT2D eigenvalue weighted by molar-refractivity contribution is 6.09. The van der Waals surface area contributed by atoms with E-state index < -0.39 is 17.8 Å². The lowest BCUT2D eigenvalue weighted by atomic mass is 10.0. The molecule has 0 atom stereocenters. The molecule has 0 radical (unpaired) electrons. The highest BCUT2D eigenvalue weighted by Gasteiger charge is 2.22. The normalized spacial score (nSPS) is 11.9. The van der Waals surface area contributed by atoms with E-state index in [0.717, 1.165) is 46.4 Å². The second-order valence-electron chi connectivity index (χ2n) is 14.8.